The van der Waals surface area contributed by atoms with Crippen molar-refractivity contribution in [1.82, 2.24) is 5.32 Å². The Hall–Kier alpha value is -2.80. The van der Waals surface area contributed by atoms with Gasteiger partial charge in [-0.15, -0.1) is 0 Å². The van der Waals surface area contributed by atoms with Gasteiger partial charge in [-0.05, 0) is 43.4 Å². The highest BCUT2D eigenvalue weighted by atomic mass is 32.1. The number of benzene rings is 2. The predicted molar refractivity (Wildman–Crippen MR) is 101 cm³/mol. The van der Waals surface area contributed by atoms with E-state index in [1.807, 2.05) is 25.1 Å². The van der Waals surface area contributed by atoms with E-state index in [2.05, 4.69) is 10.6 Å². The largest absolute Gasteiger partial charge is 0.496 e. The lowest BCUT2D eigenvalue weighted by Crippen LogP contribution is -2.34. The van der Waals surface area contributed by atoms with Gasteiger partial charge in [0.2, 0.25) is 0 Å². The molecule has 0 heterocycles. The topological polar surface area (TPSA) is 68.8 Å². The molecule has 0 saturated heterocycles. The van der Waals surface area contributed by atoms with E-state index in [9.17, 15) is 4.79 Å². The van der Waals surface area contributed by atoms with Gasteiger partial charge in [0.1, 0.15) is 22.8 Å². The Morgan fingerprint density at radius 3 is 2.32 bits per heavy atom. The number of thiocarbonyl (C=S) groups is 1. The number of carbonyl (C=O) groups is 1. The molecule has 0 aliphatic heterocycles. The molecule has 0 aliphatic rings. The SMILES string of the molecule is CCOc1cccc(NC(=S)NC(=O)c2c(OC)cccc2OC)c1. The van der Waals surface area contributed by atoms with Crippen molar-refractivity contribution in [2.45, 2.75) is 6.92 Å². The number of amides is 1. The first-order valence-corrected chi connectivity index (χ1v) is 8.06. The van der Waals surface area contributed by atoms with E-state index in [1.54, 1.807) is 24.3 Å². The Labute approximate surface area is 152 Å². The highest BCUT2D eigenvalue weighted by Crippen LogP contribution is 2.28. The van der Waals surface area contributed by atoms with Crippen LogP contribution in [0.25, 0.3) is 0 Å². The van der Waals surface area contributed by atoms with Crippen molar-refractivity contribution < 1.29 is 19.0 Å². The average Bonchev–Trinajstić information content (AvgIpc) is 2.61. The molecule has 1 amide bonds. The van der Waals surface area contributed by atoms with Crippen LogP contribution in [0.3, 0.4) is 0 Å². The molecule has 0 bridgehead atoms. The van der Waals surface area contributed by atoms with Crippen molar-refractivity contribution in [3.05, 3.63) is 48.0 Å². The van der Waals surface area contributed by atoms with Crippen LogP contribution < -0.4 is 24.8 Å². The first-order chi connectivity index (χ1) is 12.1. The summed E-state index contributed by atoms with van der Waals surface area (Å²) >= 11 is 5.21. The smallest absolute Gasteiger partial charge is 0.264 e. The number of hydrogen-bond donors (Lipinski definition) is 2. The summed E-state index contributed by atoms with van der Waals surface area (Å²) in [6.45, 7) is 2.48. The second-order valence-corrected chi connectivity index (χ2v) is 5.31. The minimum absolute atomic E-state index is 0.159. The molecule has 0 fully saturated rings. The molecule has 0 aromatic heterocycles. The van der Waals surface area contributed by atoms with Gasteiger partial charge < -0.3 is 19.5 Å². The van der Waals surface area contributed by atoms with E-state index < -0.39 is 5.91 Å². The molecule has 0 unspecified atom stereocenters. The van der Waals surface area contributed by atoms with Gasteiger partial charge in [0.15, 0.2) is 5.11 Å². The monoisotopic (exact) mass is 360 g/mol. The summed E-state index contributed by atoms with van der Waals surface area (Å²) in [7, 11) is 2.97. The normalized spacial score (nSPS) is 9.88. The summed E-state index contributed by atoms with van der Waals surface area (Å²) in [6.07, 6.45) is 0. The fourth-order valence-corrected chi connectivity index (χ4v) is 2.44. The van der Waals surface area contributed by atoms with Gasteiger partial charge >= 0.3 is 0 Å². The van der Waals surface area contributed by atoms with Crippen LogP contribution in [0.1, 0.15) is 17.3 Å². The maximum absolute atomic E-state index is 12.6. The van der Waals surface area contributed by atoms with E-state index in [-0.39, 0.29) is 10.7 Å². The Balaban J connectivity index is 2.11. The van der Waals surface area contributed by atoms with Gasteiger partial charge in [-0.3, -0.25) is 10.1 Å². The van der Waals surface area contributed by atoms with Crippen molar-refractivity contribution in [3.63, 3.8) is 0 Å². The lowest BCUT2D eigenvalue weighted by molar-refractivity contribution is 0.0971. The van der Waals surface area contributed by atoms with Crippen molar-refractivity contribution in [2.24, 2.45) is 0 Å². The van der Waals surface area contributed by atoms with Crippen molar-refractivity contribution in [2.75, 3.05) is 26.1 Å². The molecule has 6 nitrogen and oxygen atoms in total. The maximum Gasteiger partial charge on any atom is 0.264 e. The third kappa shape index (κ3) is 4.84. The number of rotatable bonds is 6. The molecular weight excluding hydrogens is 340 g/mol. The fraction of sp³-hybridized carbons (Fsp3) is 0.222. The predicted octanol–water partition coefficient (Wildman–Crippen LogP) is 3.23. The number of ether oxygens (including phenoxy) is 3. The maximum atomic E-state index is 12.6. The van der Waals surface area contributed by atoms with Gasteiger partial charge in [-0.25, -0.2) is 0 Å². The van der Waals surface area contributed by atoms with Gasteiger partial charge in [-0.2, -0.15) is 0 Å². The zero-order valence-corrected chi connectivity index (χ0v) is 15.1. The average molecular weight is 360 g/mol. The molecule has 0 atom stereocenters. The molecule has 7 heteroatoms. The van der Waals surface area contributed by atoms with Gasteiger partial charge in [0, 0.05) is 11.8 Å². The second kappa shape index (κ2) is 8.89. The van der Waals surface area contributed by atoms with Gasteiger partial charge in [0.05, 0.1) is 20.8 Å². The summed E-state index contributed by atoms with van der Waals surface area (Å²) in [6, 6.07) is 12.4. The van der Waals surface area contributed by atoms with E-state index in [0.29, 0.717) is 29.5 Å². The number of hydrogen-bond acceptors (Lipinski definition) is 5. The van der Waals surface area contributed by atoms with Crippen LogP contribution >= 0.6 is 12.2 Å². The van der Waals surface area contributed by atoms with Crippen molar-refractivity contribution in [3.8, 4) is 17.2 Å². The highest BCUT2D eigenvalue weighted by Gasteiger charge is 2.19. The number of anilines is 1. The van der Waals surface area contributed by atoms with Gasteiger partial charge in [-0.1, -0.05) is 12.1 Å². The lowest BCUT2D eigenvalue weighted by Gasteiger charge is -2.14. The molecule has 0 radical (unpaired) electrons. The molecular formula is C18H20N2O4S. The Bertz CT molecular complexity index is 742. The third-order valence-corrected chi connectivity index (χ3v) is 3.49. The zero-order chi connectivity index (χ0) is 18.2. The third-order valence-electron chi connectivity index (χ3n) is 3.28. The standard InChI is InChI=1S/C18H20N2O4S/c1-4-24-13-8-5-7-12(11-13)19-18(25)20-17(21)16-14(22-2)9-6-10-15(16)23-3/h5-11H,4H2,1-3H3,(H2,19,20,21,25). The summed E-state index contributed by atoms with van der Waals surface area (Å²) in [5.74, 6) is 1.09. The van der Waals surface area contributed by atoms with Crippen LogP contribution in [-0.4, -0.2) is 31.8 Å². The Kier molecular flexibility index (Phi) is 6.59. The van der Waals surface area contributed by atoms with Crippen molar-refractivity contribution in [1.29, 1.82) is 0 Å². The summed E-state index contributed by atoms with van der Waals surface area (Å²) in [5.41, 5.74) is 0.989. The zero-order valence-electron chi connectivity index (χ0n) is 14.3. The van der Waals surface area contributed by atoms with Crippen LogP contribution in [0.5, 0.6) is 17.2 Å². The fourth-order valence-electron chi connectivity index (χ4n) is 2.23. The van der Waals surface area contributed by atoms with Crippen LogP contribution in [0.4, 0.5) is 5.69 Å². The first-order valence-electron chi connectivity index (χ1n) is 7.65. The van der Waals surface area contributed by atoms with Crippen LogP contribution in [0, 0.1) is 0 Å². The minimum Gasteiger partial charge on any atom is -0.496 e. The minimum atomic E-state index is -0.423. The molecule has 0 spiro atoms. The summed E-state index contributed by atoms with van der Waals surface area (Å²) in [5, 5.41) is 5.74. The Morgan fingerprint density at radius 1 is 1.08 bits per heavy atom. The Morgan fingerprint density at radius 2 is 1.72 bits per heavy atom. The quantitative estimate of drug-likeness (QED) is 0.771. The van der Waals surface area contributed by atoms with Crippen LogP contribution in [0.15, 0.2) is 42.5 Å². The number of methoxy groups -OCH3 is 2. The summed E-state index contributed by atoms with van der Waals surface area (Å²) in [4.78, 5) is 12.6. The number of carbonyl (C=O) groups excluding carboxylic acids is 1. The molecule has 2 aromatic rings. The van der Waals surface area contributed by atoms with E-state index in [1.165, 1.54) is 14.2 Å². The van der Waals surface area contributed by atoms with Gasteiger partial charge in [0.25, 0.3) is 5.91 Å². The van der Waals surface area contributed by atoms with Crippen molar-refractivity contribution >= 4 is 28.9 Å². The second-order valence-electron chi connectivity index (χ2n) is 4.91. The van der Waals surface area contributed by atoms with E-state index in [0.717, 1.165) is 0 Å². The highest BCUT2D eigenvalue weighted by molar-refractivity contribution is 7.80. The molecule has 0 saturated carbocycles. The van der Waals surface area contributed by atoms with E-state index in [4.69, 9.17) is 26.4 Å². The number of nitrogens with one attached hydrogen (secondary N) is 2. The molecule has 2 rings (SSSR count). The lowest BCUT2D eigenvalue weighted by atomic mass is 10.1. The molecule has 25 heavy (non-hydrogen) atoms. The summed E-state index contributed by atoms with van der Waals surface area (Å²) < 4.78 is 15.9. The van der Waals surface area contributed by atoms with Crippen LogP contribution in [0.2, 0.25) is 0 Å². The molecule has 0 aliphatic carbocycles. The molecule has 132 valence electrons. The van der Waals surface area contributed by atoms with Crippen LogP contribution in [-0.2, 0) is 0 Å². The molecule has 2 N–H and O–H groups in total. The van der Waals surface area contributed by atoms with E-state index >= 15 is 0 Å². The molecule has 2 aromatic carbocycles. The first kappa shape index (κ1) is 18.5.